The molecule has 1 saturated heterocycles. The van der Waals surface area contributed by atoms with Crippen molar-refractivity contribution in [3.05, 3.63) is 71.6 Å². The van der Waals surface area contributed by atoms with Crippen LogP contribution < -0.4 is 5.73 Å². The molecule has 4 rings (SSSR count). The van der Waals surface area contributed by atoms with Crippen LogP contribution >= 0.6 is 0 Å². The topological polar surface area (TPSA) is 85.3 Å². The Hall–Kier alpha value is -3.13. The van der Waals surface area contributed by atoms with Gasteiger partial charge in [0.25, 0.3) is 0 Å². The van der Waals surface area contributed by atoms with Crippen LogP contribution in [0.3, 0.4) is 0 Å². The van der Waals surface area contributed by atoms with Gasteiger partial charge in [-0.05, 0) is 43.0 Å². The maximum Gasteiger partial charge on any atom is 0.249 e. The van der Waals surface area contributed by atoms with Gasteiger partial charge in [0.2, 0.25) is 17.6 Å². The summed E-state index contributed by atoms with van der Waals surface area (Å²) < 4.78 is 32.7. The van der Waals surface area contributed by atoms with Gasteiger partial charge in [-0.25, -0.2) is 8.78 Å². The highest BCUT2D eigenvalue weighted by atomic mass is 19.1. The van der Waals surface area contributed by atoms with Gasteiger partial charge in [-0.3, -0.25) is 4.79 Å². The number of rotatable bonds is 6. The molecule has 1 aliphatic heterocycles. The van der Waals surface area contributed by atoms with Crippen molar-refractivity contribution in [2.45, 2.75) is 37.8 Å². The Morgan fingerprint density at radius 1 is 1.23 bits per heavy atom. The summed E-state index contributed by atoms with van der Waals surface area (Å²) in [4.78, 5) is 18.9. The number of nitrogens with two attached hydrogens (primary N) is 1. The Bertz CT molecular complexity index is 1040. The van der Waals surface area contributed by atoms with Crippen LogP contribution in [0.5, 0.6) is 0 Å². The second kappa shape index (κ2) is 8.71. The lowest BCUT2D eigenvalue weighted by molar-refractivity contribution is -0.132. The summed E-state index contributed by atoms with van der Waals surface area (Å²) in [5.41, 5.74) is 7.12. The van der Waals surface area contributed by atoms with E-state index in [0.717, 1.165) is 6.42 Å². The predicted molar refractivity (Wildman–Crippen MR) is 106 cm³/mol. The van der Waals surface area contributed by atoms with Gasteiger partial charge in [0, 0.05) is 24.6 Å². The number of carbonyl (C=O) groups excluding carboxylic acids is 1. The van der Waals surface area contributed by atoms with Gasteiger partial charge in [-0.15, -0.1) is 0 Å². The minimum absolute atomic E-state index is 0.0930. The number of hydrogen-bond acceptors (Lipinski definition) is 5. The third-order valence-corrected chi connectivity index (χ3v) is 5.26. The smallest absolute Gasteiger partial charge is 0.249 e. The van der Waals surface area contributed by atoms with Crippen molar-refractivity contribution < 1.29 is 18.1 Å². The van der Waals surface area contributed by atoms with E-state index in [1.807, 2.05) is 0 Å². The summed E-state index contributed by atoms with van der Waals surface area (Å²) in [6, 6.07) is 11.5. The standard InChI is InChI=1S/C22H22F2N4O2/c23-16-7-3-6-15(11-16)21-26-22(30-27-21)19-9-4-10-28(19)20(29)13-17(25)12-14-5-1-2-8-18(14)24/h1-3,5-8,11,17,19H,4,9-10,12-13,25H2/t17-,19?/m1/s1. The molecule has 0 bridgehead atoms. The molecule has 0 spiro atoms. The molecule has 1 fully saturated rings. The zero-order chi connectivity index (χ0) is 21.1. The summed E-state index contributed by atoms with van der Waals surface area (Å²) in [6.45, 7) is 0.563. The highest BCUT2D eigenvalue weighted by Crippen LogP contribution is 2.32. The maximum atomic E-state index is 13.8. The summed E-state index contributed by atoms with van der Waals surface area (Å²) in [5.74, 6) is -0.245. The molecule has 1 unspecified atom stereocenters. The number of halogens is 2. The van der Waals surface area contributed by atoms with Crippen LogP contribution in [0.1, 0.15) is 36.8 Å². The van der Waals surface area contributed by atoms with Crippen molar-refractivity contribution in [2.24, 2.45) is 5.73 Å². The van der Waals surface area contributed by atoms with Crippen LogP contribution in [0, 0.1) is 11.6 Å². The first-order valence-corrected chi connectivity index (χ1v) is 9.89. The van der Waals surface area contributed by atoms with E-state index in [1.165, 1.54) is 18.2 Å². The average Bonchev–Trinajstić information content (AvgIpc) is 3.39. The van der Waals surface area contributed by atoms with E-state index in [-0.39, 0.29) is 42.2 Å². The van der Waals surface area contributed by atoms with E-state index in [9.17, 15) is 13.6 Å². The first-order chi connectivity index (χ1) is 14.5. The second-order valence-electron chi connectivity index (χ2n) is 7.47. The summed E-state index contributed by atoms with van der Waals surface area (Å²) in [5, 5.41) is 3.94. The van der Waals surface area contributed by atoms with Gasteiger partial charge in [-0.2, -0.15) is 4.98 Å². The fraction of sp³-hybridized carbons (Fsp3) is 0.318. The molecule has 1 amide bonds. The van der Waals surface area contributed by atoms with Crippen LogP contribution in [0.15, 0.2) is 53.1 Å². The largest absolute Gasteiger partial charge is 0.337 e. The Kier molecular flexibility index (Phi) is 5.85. The lowest BCUT2D eigenvalue weighted by atomic mass is 10.0. The molecule has 2 heterocycles. The van der Waals surface area contributed by atoms with Crippen LogP contribution in [-0.4, -0.2) is 33.5 Å². The number of nitrogens with zero attached hydrogens (tertiary/aromatic N) is 3. The molecule has 30 heavy (non-hydrogen) atoms. The van der Waals surface area contributed by atoms with E-state index in [2.05, 4.69) is 10.1 Å². The van der Waals surface area contributed by atoms with E-state index in [4.69, 9.17) is 10.3 Å². The molecule has 156 valence electrons. The molecule has 1 aliphatic rings. The SMILES string of the molecule is N[C@@H](CC(=O)N1CCCC1c1nc(-c2cccc(F)c2)no1)Cc1ccccc1F. The zero-order valence-corrected chi connectivity index (χ0v) is 16.3. The van der Waals surface area contributed by atoms with E-state index in [1.54, 1.807) is 35.2 Å². The molecular weight excluding hydrogens is 390 g/mol. The van der Waals surface area contributed by atoms with Crippen molar-refractivity contribution in [3.8, 4) is 11.4 Å². The van der Waals surface area contributed by atoms with Gasteiger partial charge in [-0.1, -0.05) is 35.5 Å². The predicted octanol–water partition coefficient (Wildman–Crippen LogP) is 3.64. The van der Waals surface area contributed by atoms with Gasteiger partial charge >= 0.3 is 0 Å². The van der Waals surface area contributed by atoms with Gasteiger partial charge in [0.05, 0.1) is 0 Å². The summed E-state index contributed by atoms with van der Waals surface area (Å²) in [6.07, 6.45) is 1.87. The Morgan fingerprint density at radius 2 is 2.07 bits per heavy atom. The van der Waals surface area contributed by atoms with Crippen molar-refractivity contribution in [1.82, 2.24) is 15.0 Å². The number of likely N-dealkylation sites (tertiary alicyclic amines) is 1. The molecule has 2 aromatic carbocycles. The molecule has 6 nitrogen and oxygen atoms in total. The Morgan fingerprint density at radius 3 is 2.87 bits per heavy atom. The van der Waals surface area contributed by atoms with Crippen molar-refractivity contribution in [3.63, 3.8) is 0 Å². The van der Waals surface area contributed by atoms with Crippen molar-refractivity contribution in [1.29, 1.82) is 0 Å². The molecular formula is C22H22F2N4O2. The van der Waals surface area contributed by atoms with Crippen molar-refractivity contribution >= 4 is 5.91 Å². The monoisotopic (exact) mass is 412 g/mol. The lowest BCUT2D eigenvalue weighted by Crippen LogP contribution is -2.36. The quantitative estimate of drug-likeness (QED) is 0.668. The summed E-state index contributed by atoms with van der Waals surface area (Å²) >= 11 is 0. The van der Waals surface area contributed by atoms with Crippen LogP contribution in [0.4, 0.5) is 8.78 Å². The minimum atomic E-state index is -0.499. The Labute approximate surface area is 172 Å². The number of hydrogen-bond donors (Lipinski definition) is 1. The van der Waals surface area contributed by atoms with E-state index >= 15 is 0 Å². The molecule has 0 aliphatic carbocycles. The normalized spacial score (nSPS) is 17.3. The maximum absolute atomic E-state index is 13.8. The van der Waals surface area contributed by atoms with Gasteiger partial charge < -0.3 is 15.2 Å². The van der Waals surface area contributed by atoms with Gasteiger partial charge in [0.15, 0.2) is 0 Å². The van der Waals surface area contributed by atoms with E-state index in [0.29, 0.717) is 30.0 Å². The average molecular weight is 412 g/mol. The third-order valence-electron chi connectivity index (χ3n) is 5.26. The minimum Gasteiger partial charge on any atom is -0.337 e. The van der Waals surface area contributed by atoms with E-state index < -0.39 is 6.04 Å². The number of carbonyl (C=O) groups is 1. The van der Waals surface area contributed by atoms with Crippen molar-refractivity contribution in [2.75, 3.05) is 6.54 Å². The molecule has 0 radical (unpaired) electrons. The number of amides is 1. The number of benzene rings is 2. The molecule has 0 saturated carbocycles. The molecule has 2 N–H and O–H groups in total. The fourth-order valence-electron chi connectivity index (χ4n) is 3.80. The third kappa shape index (κ3) is 4.38. The molecule has 3 aromatic rings. The van der Waals surface area contributed by atoms with Crippen LogP contribution in [0.2, 0.25) is 0 Å². The molecule has 1 aromatic heterocycles. The van der Waals surface area contributed by atoms with Crippen LogP contribution in [-0.2, 0) is 11.2 Å². The van der Waals surface area contributed by atoms with Gasteiger partial charge in [0.1, 0.15) is 17.7 Å². The highest BCUT2D eigenvalue weighted by Gasteiger charge is 2.34. The lowest BCUT2D eigenvalue weighted by Gasteiger charge is -2.23. The fourth-order valence-corrected chi connectivity index (χ4v) is 3.80. The molecule has 2 atom stereocenters. The summed E-state index contributed by atoms with van der Waals surface area (Å²) in [7, 11) is 0. The van der Waals surface area contributed by atoms with Crippen LogP contribution in [0.25, 0.3) is 11.4 Å². The highest BCUT2D eigenvalue weighted by molar-refractivity contribution is 5.77. The molecule has 8 heteroatoms. The number of aromatic nitrogens is 2. The zero-order valence-electron chi connectivity index (χ0n) is 16.3. The Balaban J connectivity index is 1.43. The second-order valence-corrected chi connectivity index (χ2v) is 7.47. The first kappa shape index (κ1) is 20.2. The first-order valence-electron chi connectivity index (χ1n) is 9.89.